The molecule has 1 aliphatic heterocycles. The van der Waals surface area contributed by atoms with Gasteiger partial charge in [-0.15, -0.1) is 0 Å². The molecule has 116 valence electrons. The molecule has 0 saturated heterocycles. The first-order valence-corrected chi connectivity index (χ1v) is 7.44. The van der Waals surface area contributed by atoms with Gasteiger partial charge in [0.25, 0.3) is 5.79 Å². The Balaban J connectivity index is 2.23. The minimum atomic E-state index is -1.10. The maximum atomic E-state index is 14.8. The van der Waals surface area contributed by atoms with Gasteiger partial charge in [-0.25, -0.2) is 4.39 Å². The zero-order valence-electron chi connectivity index (χ0n) is 12.9. The first-order valence-electron chi connectivity index (χ1n) is 7.44. The highest BCUT2D eigenvalue weighted by Crippen LogP contribution is 2.36. The van der Waals surface area contributed by atoms with E-state index >= 15 is 0 Å². The van der Waals surface area contributed by atoms with Crippen molar-refractivity contribution in [3.8, 4) is 0 Å². The van der Waals surface area contributed by atoms with Crippen LogP contribution in [0.25, 0.3) is 0 Å². The molecule has 0 aromatic heterocycles. The zero-order valence-corrected chi connectivity index (χ0v) is 12.9. The summed E-state index contributed by atoms with van der Waals surface area (Å²) in [6.45, 7) is 3.85. The van der Waals surface area contributed by atoms with Crippen LogP contribution in [-0.4, -0.2) is 7.11 Å². The summed E-state index contributed by atoms with van der Waals surface area (Å²) in [5.41, 5.74) is 0.953. The van der Waals surface area contributed by atoms with Gasteiger partial charge in [-0.3, -0.25) is 0 Å². The monoisotopic (exact) mass is 294 g/mol. The average molecular weight is 294 g/mol. The number of halogens is 1. The standard InChI is InChI=1S/C17H23FO3/c1-4-5-6-10-15(19-3)13-8-7-9-14(16(13)18)17(2)20-11-12-21-17/h7-9,11-12,15H,4-6,10H2,1-3H3. The van der Waals surface area contributed by atoms with Crippen LogP contribution in [0.15, 0.2) is 30.7 Å². The second-order valence-corrected chi connectivity index (χ2v) is 5.38. The lowest BCUT2D eigenvalue weighted by Gasteiger charge is -2.26. The molecule has 1 atom stereocenters. The molecule has 2 rings (SSSR count). The lowest BCUT2D eigenvalue weighted by Crippen LogP contribution is -2.24. The molecule has 0 aliphatic carbocycles. The third-order valence-corrected chi connectivity index (χ3v) is 3.86. The summed E-state index contributed by atoms with van der Waals surface area (Å²) >= 11 is 0. The van der Waals surface area contributed by atoms with Crippen molar-refractivity contribution in [2.24, 2.45) is 0 Å². The topological polar surface area (TPSA) is 27.7 Å². The van der Waals surface area contributed by atoms with Crippen LogP contribution < -0.4 is 0 Å². The zero-order chi connectivity index (χ0) is 15.3. The third kappa shape index (κ3) is 3.38. The summed E-state index contributed by atoms with van der Waals surface area (Å²) in [6, 6.07) is 5.27. The van der Waals surface area contributed by atoms with Crippen molar-refractivity contribution < 1.29 is 18.6 Å². The fraction of sp³-hybridized carbons (Fsp3) is 0.529. The Morgan fingerprint density at radius 3 is 2.57 bits per heavy atom. The number of benzene rings is 1. The Kier molecular flexibility index (Phi) is 5.23. The molecule has 21 heavy (non-hydrogen) atoms. The molecule has 0 saturated carbocycles. The second kappa shape index (κ2) is 6.94. The first kappa shape index (κ1) is 15.8. The van der Waals surface area contributed by atoms with E-state index in [0.717, 1.165) is 25.7 Å². The minimum absolute atomic E-state index is 0.241. The van der Waals surface area contributed by atoms with E-state index in [1.165, 1.54) is 12.5 Å². The summed E-state index contributed by atoms with van der Waals surface area (Å²) < 4.78 is 31.1. The van der Waals surface area contributed by atoms with E-state index in [2.05, 4.69) is 6.92 Å². The van der Waals surface area contributed by atoms with Gasteiger partial charge in [0.05, 0.1) is 11.7 Å². The fourth-order valence-corrected chi connectivity index (χ4v) is 2.60. The fourth-order valence-electron chi connectivity index (χ4n) is 2.60. The third-order valence-electron chi connectivity index (χ3n) is 3.86. The van der Waals surface area contributed by atoms with Crippen molar-refractivity contribution in [2.45, 2.75) is 51.4 Å². The maximum Gasteiger partial charge on any atom is 0.276 e. The van der Waals surface area contributed by atoms with Gasteiger partial charge < -0.3 is 14.2 Å². The summed E-state index contributed by atoms with van der Waals surface area (Å²) in [6.07, 6.45) is 6.70. The van der Waals surface area contributed by atoms with Gasteiger partial charge in [-0.2, -0.15) is 0 Å². The summed E-state index contributed by atoms with van der Waals surface area (Å²) in [5, 5.41) is 0. The quantitative estimate of drug-likeness (QED) is 0.677. The van der Waals surface area contributed by atoms with Crippen LogP contribution in [-0.2, 0) is 20.0 Å². The second-order valence-electron chi connectivity index (χ2n) is 5.38. The maximum absolute atomic E-state index is 14.8. The van der Waals surface area contributed by atoms with Crippen LogP contribution in [0.4, 0.5) is 4.39 Å². The molecular formula is C17H23FO3. The number of methoxy groups -OCH3 is 1. The van der Waals surface area contributed by atoms with Crippen molar-refractivity contribution in [1.82, 2.24) is 0 Å². The van der Waals surface area contributed by atoms with Gasteiger partial charge in [0.1, 0.15) is 18.3 Å². The molecule has 1 unspecified atom stereocenters. The minimum Gasteiger partial charge on any atom is -0.453 e. The van der Waals surface area contributed by atoms with Crippen molar-refractivity contribution in [3.05, 3.63) is 47.7 Å². The lowest BCUT2D eigenvalue weighted by atomic mass is 9.97. The number of hydrogen-bond donors (Lipinski definition) is 0. The van der Waals surface area contributed by atoms with E-state index in [0.29, 0.717) is 11.1 Å². The van der Waals surface area contributed by atoms with E-state index < -0.39 is 5.79 Å². The molecular weight excluding hydrogens is 271 g/mol. The number of unbranched alkanes of at least 4 members (excludes halogenated alkanes) is 2. The Hall–Kier alpha value is -1.55. The van der Waals surface area contributed by atoms with Crippen molar-refractivity contribution in [1.29, 1.82) is 0 Å². The molecule has 1 aromatic rings. The molecule has 1 heterocycles. The highest BCUT2D eigenvalue weighted by atomic mass is 19.1. The van der Waals surface area contributed by atoms with Gasteiger partial charge in [0, 0.05) is 19.6 Å². The largest absolute Gasteiger partial charge is 0.453 e. The molecule has 1 aliphatic rings. The van der Waals surface area contributed by atoms with Crippen LogP contribution in [0.5, 0.6) is 0 Å². The van der Waals surface area contributed by atoms with E-state index in [4.69, 9.17) is 14.2 Å². The average Bonchev–Trinajstić information content (AvgIpc) is 2.92. The van der Waals surface area contributed by atoms with E-state index in [1.54, 1.807) is 26.2 Å². The van der Waals surface area contributed by atoms with Crippen molar-refractivity contribution in [2.75, 3.05) is 7.11 Å². The number of rotatable bonds is 7. The van der Waals surface area contributed by atoms with Gasteiger partial charge in [-0.1, -0.05) is 38.3 Å². The summed E-state index contributed by atoms with van der Waals surface area (Å²) in [5.74, 6) is -1.41. The normalized spacial score (nSPS) is 17.3. The molecule has 1 aromatic carbocycles. The van der Waals surface area contributed by atoms with Gasteiger partial charge in [0.15, 0.2) is 0 Å². The van der Waals surface area contributed by atoms with Crippen LogP contribution in [0.3, 0.4) is 0 Å². The smallest absolute Gasteiger partial charge is 0.276 e. The molecule has 0 amide bonds. The van der Waals surface area contributed by atoms with Crippen LogP contribution in [0, 0.1) is 5.82 Å². The summed E-state index contributed by atoms with van der Waals surface area (Å²) in [4.78, 5) is 0. The number of ether oxygens (including phenoxy) is 3. The van der Waals surface area contributed by atoms with E-state index in [9.17, 15) is 4.39 Å². The first-order chi connectivity index (χ1) is 10.1. The highest BCUT2D eigenvalue weighted by Gasteiger charge is 2.36. The van der Waals surface area contributed by atoms with Crippen LogP contribution >= 0.6 is 0 Å². The molecule has 3 nitrogen and oxygen atoms in total. The highest BCUT2D eigenvalue weighted by molar-refractivity contribution is 5.31. The van der Waals surface area contributed by atoms with Crippen LogP contribution in [0.2, 0.25) is 0 Å². The lowest BCUT2D eigenvalue weighted by molar-refractivity contribution is -0.135. The Labute approximate surface area is 125 Å². The SMILES string of the molecule is CCCCCC(OC)c1cccc(C2(C)OC=CO2)c1F. The molecule has 0 radical (unpaired) electrons. The molecule has 0 fully saturated rings. The Morgan fingerprint density at radius 1 is 1.24 bits per heavy atom. The Bertz CT molecular complexity index is 491. The van der Waals surface area contributed by atoms with Gasteiger partial charge in [-0.05, 0) is 12.5 Å². The van der Waals surface area contributed by atoms with Gasteiger partial charge >= 0.3 is 0 Å². The molecule has 0 spiro atoms. The van der Waals surface area contributed by atoms with E-state index in [1.807, 2.05) is 6.07 Å². The Morgan fingerprint density at radius 2 is 1.95 bits per heavy atom. The predicted molar refractivity (Wildman–Crippen MR) is 79.0 cm³/mol. The van der Waals surface area contributed by atoms with Crippen molar-refractivity contribution >= 4 is 0 Å². The summed E-state index contributed by atoms with van der Waals surface area (Å²) in [7, 11) is 1.62. The van der Waals surface area contributed by atoms with E-state index in [-0.39, 0.29) is 11.9 Å². The predicted octanol–water partition coefficient (Wildman–Crippen LogP) is 4.78. The molecule has 0 N–H and O–H groups in total. The van der Waals surface area contributed by atoms with Crippen LogP contribution in [0.1, 0.15) is 56.8 Å². The van der Waals surface area contributed by atoms with Crippen molar-refractivity contribution in [3.63, 3.8) is 0 Å². The van der Waals surface area contributed by atoms with Gasteiger partial charge in [0.2, 0.25) is 0 Å². The molecule has 4 heteroatoms. The number of hydrogen-bond acceptors (Lipinski definition) is 3. The molecule has 0 bridgehead atoms.